The highest BCUT2D eigenvalue weighted by molar-refractivity contribution is 5.95. The van der Waals surface area contributed by atoms with Crippen LogP contribution < -0.4 is 4.90 Å². The fourth-order valence-electron chi connectivity index (χ4n) is 4.88. The number of aromatic amines is 1. The van der Waals surface area contributed by atoms with Crippen molar-refractivity contribution in [3.63, 3.8) is 0 Å². The van der Waals surface area contributed by atoms with Crippen molar-refractivity contribution in [2.75, 3.05) is 31.1 Å². The maximum Gasteiger partial charge on any atom is 0.416 e. The van der Waals surface area contributed by atoms with Gasteiger partial charge in [-0.15, -0.1) is 0 Å². The van der Waals surface area contributed by atoms with E-state index in [0.717, 1.165) is 54.9 Å². The molecule has 2 aromatic carbocycles. The van der Waals surface area contributed by atoms with Crippen LogP contribution in [-0.2, 0) is 6.18 Å². The number of H-pyrrole nitrogens is 1. The highest BCUT2D eigenvalue weighted by atomic mass is 19.4. The van der Waals surface area contributed by atoms with Gasteiger partial charge in [0.15, 0.2) is 0 Å². The number of imidazole rings is 1. The maximum absolute atomic E-state index is 13.6. The lowest BCUT2D eigenvalue weighted by atomic mass is 10.1. The SMILES string of the molecule is O=C(c1cnn(-c2cccc(C(F)(F)F)c2)c1C1CC1)N1CCCN(c2nc3ccccc3[nH]2)CC1. The summed E-state index contributed by atoms with van der Waals surface area (Å²) in [5.41, 5.74) is 2.65. The molecule has 6 rings (SSSR count). The lowest BCUT2D eigenvalue weighted by molar-refractivity contribution is -0.137. The number of fused-ring (bicyclic) bond motifs is 1. The lowest BCUT2D eigenvalue weighted by Crippen LogP contribution is -2.35. The number of alkyl halides is 3. The Bertz CT molecular complexity index is 1390. The van der Waals surface area contributed by atoms with Gasteiger partial charge in [-0.25, -0.2) is 9.67 Å². The molecule has 0 spiro atoms. The van der Waals surface area contributed by atoms with Crippen LogP contribution in [0.4, 0.5) is 19.1 Å². The average molecular weight is 495 g/mol. The minimum Gasteiger partial charge on any atom is -0.341 e. The highest BCUT2D eigenvalue weighted by Gasteiger charge is 2.36. The van der Waals surface area contributed by atoms with Gasteiger partial charge >= 0.3 is 6.18 Å². The molecular formula is C26H25F3N6O. The Morgan fingerprint density at radius 1 is 1.00 bits per heavy atom. The fourth-order valence-corrected chi connectivity index (χ4v) is 4.88. The summed E-state index contributed by atoms with van der Waals surface area (Å²) in [4.78, 5) is 25.6. The van der Waals surface area contributed by atoms with Crippen molar-refractivity contribution < 1.29 is 18.0 Å². The molecule has 0 unspecified atom stereocenters. The summed E-state index contributed by atoms with van der Waals surface area (Å²) in [5.74, 6) is 0.795. The van der Waals surface area contributed by atoms with E-state index in [1.54, 1.807) is 6.07 Å². The molecule has 10 heteroatoms. The summed E-state index contributed by atoms with van der Waals surface area (Å²) < 4.78 is 41.4. The molecule has 1 N–H and O–H groups in total. The van der Waals surface area contributed by atoms with Crippen LogP contribution >= 0.6 is 0 Å². The Hall–Kier alpha value is -3.82. The molecular weight excluding hydrogens is 469 g/mol. The van der Waals surface area contributed by atoms with E-state index >= 15 is 0 Å². The number of hydrogen-bond acceptors (Lipinski definition) is 4. The average Bonchev–Trinajstić information content (AvgIpc) is 3.54. The molecule has 4 aromatic rings. The molecule has 7 nitrogen and oxygen atoms in total. The standard InChI is InChI=1S/C26H25F3N6O/c27-26(28,29)18-5-3-6-19(15-18)35-23(17-9-10-17)20(16-30-35)24(36)33-11-4-12-34(14-13-33)25-31-21-7-1-2-8-22(21)32-25/h1-3,5-8,15-17H,4,9-14H2,(H,31,32). The molecule has 0 radical (unpaired) electrons. The normalized spacial score (nSPS) is 17.0. The summed E-state index contributed by atoms with van der Waals surface area (Å²) >= 11 is 0. The Balaban J connectivity index is 1.24. The molecule has 1 saturated heterocycles. The molecule has 3 heterocycles. The molecule has 2 aromatic heterocycles. The number of amides is 1. The van der Waals surface area contributed by atoms with Crippen molar-refractivity contribution in [2.45, 2.75) is 31.4 Å². The van der Waals surface area contributed by atoms with Crippen LogP contribution in [0, 0.1) is 0 Å². The number of benzene rings is 2. The van der Waals surface area contributed by atoms with E-state index in [1.807, 2.05) is 29.2 Å². The van der Waals surface area contributed by atoms with Crippen molar-refractivity contribution in [2.24, 2.45) is 0 Å². The number of nitrogens with one attached hydrogen (secondary N) is 1. The van der Waals surface area contributed by atoms with E-state index in [1.165, 1.54) is 16.9 Å². The first-order chi connectivity index (χ1) is 17.4. The van der Waals surface area contributed by atoms with E-state index in [-0.39, 0.29) is 11.8 Å². The van der Waals surface area contributed by atoms with Gasteiger partial charge < -0.3 is 14.8 Å². The minimum absolute atomic E-state index is 0.124. The summed E-state index contributed by atoms with van der Waals surface area (Å²) in [6.07, 6.45) is -0.365. The van der Waals surface area contributed by atoms with Gasteiger partial charge in [-0.05, 0) is 49.6 Å². The van der Waals surface area contributed by atoms with Gasteiger partial charge in [0.1, 0.15) is 0 Å². The Morgan fingerprint density at radius 3 is 2.61 bits per heavy atom. The van der Waals surface area contributed by atoms with Crippen molar-refractivity contribution in [3.8, 4) is 5.69 Å². The van der Waals surface area contributed by atoms with E-state index in [9.17, 15) is 18.0 Å². The fraction of sp³-hybridized carbons (Fsp3) is 0.346. The third kappa shape index (κ3) is 4.20. The first-order valence-electron chi connectivity index (χ1n) is 12.1. The number of halogens is 3. The molecule has 2 fully saturated rings. The second-order valence-electron chi connectivity index (χ2n) is 9.39. The van der Waals surface area contributed by atoms with Crippen LogP contribution in [0.25, 0.3) is 16.7 Å². The predicted molar refractivity (Wildman–Crippen MR) is 129 cm³/mol. The molecule has 2 aliphatic rings. The number of para-hydroxylation sites is 2. The van der Waals surface area contributed by atoms with E-state index < -0.39 is 11.7 Å². The van der Waals surface area contributed by atoms with Gasteiger partial charge in [0.2, 0.25) is 5.95 Å². The number of nitrogens with zero attached hydrogens (tertiary/aromatic N) is 5. The van der Waals surface area contributed by atoms with Crippen LogP contribution in [-0.4, -0.2) is 56.7 Å². The predicted octanol–water partition coefficient (Wildman–Crippen LogP) is 5.00. The number of anilines is 1. The van der Waals surface area contributed by atoms with Gasteiger partial charge in [-0.3, -0.25) is 4.79 Å². The zero-order chi connectivity index (χ0) is 24.9. The van der Waals surface area contributed by atoms with Gasteiger partial charge in [0, 0.05) is 32.1 Å². The first-order valence-corrected chi connectivity index (χ1v) is 12.1. The number of carbonyl (C=O) groups is 1. The zero-order valence-corrected chi connectivity index (χ0v) is 19.5. The molecule has 1 aliphatic heterocycles. The molecule has 1 saturated carbocycles. The molecule has 1 amide bonds. The van der Waals surface area contributed by atoms with Gasteiger partial charge in [0.05, 0.1) is 39.7 Å². The third-order valence-corrected chi connectivity index (χ3v) is 6.88. The largest absolute Gasteiger partial charge is 0.416 e. The van der Waals surface area contributed by atoms with E-state index in [0.29, 0.717) is 36.6 Å². The summed E-state index contributed by atoms with van der Waals surface area (Å²) in [6.45, 7) is 2.51. The highest BCUT2D eigenvalue weighted by Crippen LogP contribution is 2.43. The third-order valence-electron chi connectivity index (χ3n) is 6.88. The Labute approximate surface area is 205 Å². The van der Waals surface area contributed by atoms with Crippen molar-refractivity contribution >= 4 is 22.9 Å². The van der Waals surface area contributed by atoms with Gasteiger partial charge in [-0.2, -0.15) is 18.3 Å². The second kappa shape index (κ2) is 8.69. The van der Waals surface area contributed by atoms with Crippen LogP contribution in [0.5, 0.6) is 0 Å². The molecule has 0 bridgehead atoms. The molecule has 36 heavy (non-hydrogen) atoms. The van der Waals surface area contributed by atoms with Crippen LogP contribution in [0.15, 0.2) is 54.7 Å². The number of hydrogen-bond donors (Lipinski definition) is 1. The van der Waals surface area contributed by atoms with Gasteiger partial charge in [-0.1, -0.05) is 18.2 Å². The van der Waals surface area contributed by atoms with Gasteiger partial charge in [0.25, 0.3) is 5.91 Å². The van der Waals surface area contributed by atoms with Crippen molar-refractivity contribution in [1.82, 2.24) is 24.6 Å². The summed E-state index contributed by atoms with van der Waals surface area (Å²) in [6, 6.07) is 13.0. The van der Waals surface area contributed by atoms with Crippen molar-refractivity contribution in [3.05, 3.63) is 71.5 Å². The Morgan fingerprint density at radius 2 is 1.83 bits per heavy atom. The van der Waals surface area contributed by atoms with E-state index in [2.05, 4.69) is 20.0 Å². The second-order valence-corrected chi connectivity index (χ2v) is 9.39. The van der Waals surface area contributed by atoms with Crippen LogP contribution in [0.1, 0.15) is 46.8 Å². The monoisotopic (exact) mass is 494 g/mol. The molecule has 0 atom stereocenters. The zero-order valence-electron chi connectivity index (χ0n) is 19.5. The Kier molecular flexibility index (Phi) is 5.46. The number of carbonyl (C=O) groups excluding carboxylic acids is 1. The number of aromatic nitrogens is 4. The minimum atomic E-state index is -4.45. The summed E-state index contributed by atoms with van der Waals surface area (Å²) in [7, 11) is 0. The first kappa shape index (κ1) is 22.6. The molecule has 1 aliphatic carbocycles. The quantitative estimate of drug-likeness (QED) is 0.434. The van der Waals surface area contributed by atoms with Crippen molar-refractivity contribution in [1.29, 1.82) is 0 Å². The van der Waals surface area contributed by atoms with E-state index in [4.69, 9.17) is 0 Å². The molecule has 186 valence electrons. The topological polar surface area (TPSA) is 70.1 Å². The summed E-state index contributed by atoms with van der Waals surface area (Å²) in [5, 5.41) is 4.37. The maximum atomic E-state index is 13.6. The van der Waals surface area contributed by atoms with Crippen LogP contribution in [0.3, 0.4) is 0 Å². The number of rotatable bonds is 4. The van der Waals surface area contributed by atoms with Crippen LogP contribution in [0.2, 0.25) is 0 Å². The smallest absolute Gasteiger partial charge is 0.341 e. The lowest BCUT2D eigenvalue weighted by Gasteiger charge is -2.22.